The summed E-state index contributed by atoms with van der Waals surface area (Å²) in [7, 11) is 0. The molecule has 0 saturated heterocycles. The first-order valence-corrected chi connectivity index (χ1v) is 20.9. The topological polar surface area (TPSA) is 51.8 Å². The van der Waals surface area contributed by atoms with Crippen molar-refractivity contribution in [3.63, 3.8) is 0 Å². The Bertz CT molecular complexity index is 3590. The molecule has 0 fully saturated rings. The second-order valence-corrected chi connectivity index (χ2v) is 16.2. The molecule has 9 aromatic carbocycles. The summed E-state index contributed by atoms with van der Waals surface area (Å²) in [6, 6.07) is 70.4. The molecule has 0 aliphatic heterocycles. The van der Waals surface area contributed by atoms with Crippen LogP contribution in [0.15, 0.2) is 205 Å². The van der Waals surface area contributed by atoms with Crippen molar-refractivity contribution in [2.45, 2.75) is 0 Å². The first-order chi connectivity index (χ1) is 29.7. The quantitative estimate of drug-likeness (QED) is 0.169. The molecule has 0 aliphatic rings. The van der Waals surface area contributed by atoms with Crippen molar-refractivity contribution in [3.05, 3.63) is 200 Å². The lowest BCUT2D eigenvalue weighted by Crippen LogP contribution is -2.00. The summed E-state index contributed by atoms with van der Waals surface area (Å²) in [5.74, 6) is 1.93. The number of hydrogen-bond donors (Lipinski definition) is 0. The number of benzene rings is 9. The molecule has 3 aromatic heterocycles. The second-order valence-electron chi connectivity index (χ2n) is 15.1. The van der Waals surface area contributed by atoms with Gasteiger partial charge >= 0.3 is 0 Å². The third kappa shape index (κ3) is 5.78. The lowest BCUT2D eigenvalue weighted by Gasteiger charge is -2.11. The lowest BCUT2D eigenvalue weighted by molar-refractivity contribution is 0.670. The summed E-state index contributed by atoms with van der Waals surface area (Å²) in [6.07, 6.45) is 0. The normalized spacial score (nSPS) is 11.7. The molecule has 0 atom stereocenters. The smallest absolute Gasteiger partial charge is 0.165 e. The van der Waals surface area contributed by atoms with Gasteiger partial charge in [0.25, 0.3) is 0 Å². The fourth-order valence-electron chi connectivity index (χ4n) is 8.59. The van der Waals surface area contributed by atoms with Gasteiger partial charge in [-0.1, -0.05) is 164 Å². The van der Waals surface area contributed by atoms with Gasteiger partial charge in [-0.3, -0.25) is 0 Å². The van der Waals surface area contributed by atoms with Crippen LogP contribution in [0.25, 0.3) is 120 Å². The van der Waals surface area contributed by atoms with Crippen LogP contribution in [-0.2, 0) is 0 Å². The molecule has 3 heterocycles. The number of fused-ring (bicyclic) bond motifs is 7. The van der Waals surface area contributed by atoms with Crippen molar-refractivity contribution in [3.8, 4) is 67.5 Å². The molecule has 0 radical (unpaired) electrons. The fraction of sp³-hybridized carbons (Fsp3) is 0. The van der Waals surface area contributed by atoms with Gasteiger partial charge in [0, 0.05) is 53.2 Å². The van der Waals surface area contributed by atoms with Crippen LogP contribution in [0.1, 0.15) is 0 Å². The van der Waals surface area contributed by atoms with E-state index in [-0.39, 0.29) is 0 Å². The summed E-state index contributed by atoms with van der Waals surface area (Å²) in [5.41, 5.74) is 11.3. The standard InChI is InChI=1S/C55H33N3OS/c1-3-13-34(14-4-1)38-19-11-20-41(31-38)43-30-29-42(50-47-32-39-17-7-8-18-40(39)33-48(47)59-51(43)50)35-25-27-37(28-26-35)54-56-53(36-15-5-2-6-16-36)57-55(58-54)46-23-12-22-45-44-21-9-10-24-49(44)60-52(45)46/h1-33H. The monoisotopic (exact) mass is 783 g/mol. The van der Waals surface area contributed by atoms with Gasteiger partial charge < -0.3 is 4.42 Å². The van der Waals surface area contributed by atoms with E-state index in [4.69, 9.17) is 19.4 Å². The van der Waals surface area contributed by atoms with Crippen LogP contribution in [0, 0.1) is 0 Å². The average Bonchev–Trinajstić information content (AvgIpc) is 3.89. The Morgan fingerprint density at radius 2 is 0.933 bits per heavy atom. The highest BCUT2D eigenvalue weighted by molar-refractivity contribution is 7.26. The Balaban J connectivity index is 1.01. The lowest BCUT2D eigenvalue weighted by atomic mass is 9.92. The molecule has 0 unspecified atom stereocenters. The minimum Gasteiger partial charge on any atom is -0.455 e. The third-order valence-corrected chi connectivity index (χ3v) is 12.8. The maximum absolute atomic E-state index is 6.88. The number of furan rings is 1. The molecular formula is C55H33N3OS. The van der Waals surface area contributed by atoms with E-state index in [0.29, 0.717) is 17.5 Å². The Kier molecular flexibility index (Phi) is 8.00. The molecule has 0 saturated carbocycles. The highest BCUT2D eigenvalue weighted by atomic mass is 32.1. The Hall–Kier alpha value is -7.73. The number of rotatable bonds is 6. The molecule has 5 heteroatoms. The van der Waals surface area contributed by atoms with Crippen molar-refractivity contribution < 1.29 is 4.42 Å². The summed E-state index contributed by atoms with van der Waals surface area (Å²) in [5, 5.41) is 6.97. The van der Waals surface area contributed by atoms with E-state index in [2.05, 4.69) is 182 Å². The van der Waals surface area contributed by atoms with E-state index in [1.165, 1.54) is 36.7 Å². The van der Waals surface area contributed by atoms with Crippen LogP contribution in [-0.4, -0.2) is 15.0 Å². The summed E-state index contributed by atoms with van der Waals surface area (Å²) in [6.45, 7) is 0. The Morgan fingerprint density at radius 3 is 1.73 bits per heavy atom. The predicted octanol–water partition coefficient (Wildman–Crippen LogP) is 15.3. The van der Waals surface area contributed by atoms with Crippen molar-refractivity contribution in [1.29, 1.82) is 0 Å². The average molecular weight is 784 g/mol. The SMILES string of the molecule is c1ccc(-c2cccc(-c3ccc(-c4ccc(-c5nc(-c6ccccc6)nc(-c6cccc7c6sc6ccccc67)n5)cc4)c4c3oc3cc5ccccc5cc34)c2)cc1. The minimum absolute atomic E-state index is 0.627. The van der Waals surface area contributed by atoms with Gasteiger partial charge in [0.2, 0.25) is 0 Å². The summed E-state index contributed by atoms with van der Waals surface area (Å²) >= 11 is 1.78. The number of thiophene rings is 1. The molecule has 12 rings (SSSR count). The zero-order chi connectivity index (χ0) is 39.6. The Morgan fingerprint density at radius 1 is 0.350 bits per heavy atom. The van der Waals surface area contributed by atoms with Gasteiger partial charge in [0.05, 0.1) is 0 Å². The zero-order valence-corrected chi connectivity index (χ0v) is 33.0. The van der Waals surface area contributed by atoms with Crippen LogP contribution >= 0.6 is 11.3 Å². The van der Waals surface area contributed by atoms with Crippen molar-refractivity contribution >= 4 is 64.2 Å². The molecule has 280 valence electrons. The predicted molar refractivity (Wildman–Crippen MR) is 250 cm³/mol. The summed E-state index contributed by atoms with van der Waals surface area (Å²) in [4.78, 5) is 15.3. The maximum Gasteiger partial charge on any atom is 0.165 e. The van der Waals surface area contributed by atoms with Crippen molar-refractivity contribution in [2.75, 3.05) is 0 Å². The maximum atomic E-state index is 6.88. The molecular weight excluding hydrogens is 751 g/mol. The fourth-order valence-corrected chi connectivity index (χ4v) is 9.81. The largest absolute Gasteiger partial charge is 0.455 e. The Labute approximate surface area is 349 Å². The molecule has 0 aliphatic carbocycles. The van der Waals surface area contributed by atoms with Gasteiger partial charge in [0.1, 0.15) is 11.2 Å². The van der Waals surface area contributed by atoms with Crippen LogP contribution in [0.3, 0.4) is 0 Å². The van der Waals surface area contributed by atoms with Crippen LogP contribution in [0.4, 0.5) is 0 Å². The van der Waals surface area contributed by atoms with E-state index in [1.807, 2.05) is 18.2 Å². The highest BCUT2D eigenvalue weighted by Gasteiger charge is 2.20. The zero-order valence-electron chi connectivity index (χ0n) is 32.2. The second kappa shape index (κ2) is 14.0. The minimum atomic E-state index is 0.627. The number of nitrogens with zero attached hydrogens (tertiary/aromatic N) is 3. The van der Waals surface area contributed by atoms with Crippen LogP contribution < -0.4 is 0 Å². The van der Waals surface area contributed by atoms with E-state index < -0.39 is 0 Å². The molecule has 0 N–H and O–H groups in total. The van der Waals surface area contributed by atoms with Gasteiger partial charge in [-0.2, -0.15) is 0 Å². The van der Waals surface area contributed by atoms with Gasteiger partial charge in [0.15, 0.2) is 17.5 Å². The van der Waals surface area contributed by atoms with Gasteiger partial charge in [-0.15, -0.1) is 11.3 Å². The summed E-state index contributed by atoms with van der Waals surface area (Å²) < 4.78 is 9.30. The van der Waals surface area contributed by atoms with E-state index >= 15 is 0 Å². The highest BCUT2D eigenvalue weighted by Crippen LogP contribution is 2.44. The molecule has 0 bridgehead atoms. The first kappa shape index (κ1) is 34.3. The molecule has 0 amide bonds. The van der Waals surface area contributed by atoms with E-state index in [1.54, 1.807) is 11.3 Å². The molecule has 4 nitrogen and oxygen atoms in total. The van der Waals surface area contributed by atoms with Gasteiger partial charge in [-0.05, 0) is 75.0 Å². The van der Waals surface area contributed by atoms with E-state index in [0.717, 1.165) is 66.3 Å². The first-order valence-electron chi connectivity index (χ1n) is 20.1. The molecule has 0 spiro atoms. The third-order valence-electron chi connectivity index (χ3n) is 11.5. The van der Waals surface area contributed by atoms with Crippen molar-refractivity contribution in [2.24, 2.45) is 0 Å². The molecule has 60 heavy (non-hydrogen) atoms. The van der Waals surface area contributed by atoms with Crippen molar-refractivity contribution in [1.82, 2.24) is 15.0 Å². The molecule has 12 aromatic rings. The van der Waals surface area contributed by atoms with Crippen LogP contribution in [0.5, 0.6) is 0 Å². The van der Waals surface area contributed by atoms with Gasteiger partial charge in [-0.25, -0.2) is 15.0 Å². The number of hydrogen-bond acceptors (Lipinski definition) is 5. The van der Waals surface area contributed by atoms with E-state index in [9.17, 15) is 0 Å². The van der Waals surface area contributed by atoms with Crippen LogP contribution in [0.2, 0.25) is 0 Å². The number of aromatic nitrogens is 3.